The van der Waals surface area contributed by atoms with Gasteiger partial charge in [-0.1, -0.05) is 23.7 Å². The zero-order valence-corrected chi connectivity index (χ0v) is 21.4. The minimum absolute atomic E-state index is 0.00754. The molecule has 1 N–H and O–H groups in total. The number of hydrogen-bond acceptors (Lipinski definition) is 7. The summed E-state index contributed by atoms with van der Waals surface area (Å²) in [6.45, 7) is 2.02. The van der Waals surface area contributed by atoms with Crippen LogP contribution in [-0.4, -0.2) is 35.8 Å². The van der Waals surface area contributed by atoms with Crippen molar-refractivity contribution in [3.8, 4) is 11.6 Å². The SMILES string of the molecule is CCOC(=O)Cn1ncc2c1CCC[C@H]2NS(=O)(=O)c1cnc(Oc2ccccc2Cl)c(Br)c1. The quantitative estimate of drug-likeness (QED) is 0.400. The van der Waals surface area contributed by atoms with Crippen LogP contribution in [0.3, 0.4) is 0 Å². The topological polar surface area (TPSA) is 112 Å². The van der Waals surface area contributed by atoms with Crippen molar-refractivity contribution in [1.29, 1.82) is 0 Å². The van der Waals surface area contributed by atoms with Crippen molar-refractivity contribution in [3.63, 3.8) is 0 Å². The van der Waals surface area contributed by atoms with Crippen LogP contribution >= 0.6 is 27.5 Å². The lowest BCUT2D eigenvalue weighted by atomic mass is 9.94. The highest BCUT2D eigenvalue weighted by atomic mass is 79.9. The minimum Gasteiger partial charge on any atom is -0.465 e. The van der Waals surface area contributed by atoms with Crippen LogP contribution in [0.5, 0.6) is 11.6 Å². The Bertz CT molecular complexity index is 1310. The average molecular weight is 570 g/mol. The number of nitrogens with zero attached hydrogens (tertiary/aromatic N) is 3. The number of esters is 1. The number of carbonyl (C=O) groups is 1. The number of nitrogens with one attached hydrogen (secondary N) is 1. The van der Waals surface area contributed by atoms with Gasteiger partial charge in [-0.25, -0.2) is 18.1 Å². The van der Waals surface area contributed by atoms with Gasteiger partial charge in [0.2, 0.25) is 15.9 Å². The van der Waals surface area contributed by atoms with Gasteiger partial charge < -0.3 is 9.47 Å². The van der Waals surface area contributed by atoms with Crippen LogP contribution in [-0.2, 0) is 32.5 Å². The summed E-state index contributed by atoms with van der Waals surface area (Å²) in [5, 5.41) is 4.69. The largest absolute Gasteiger partial charge is 0.465 e. The number of rotatable bonds is 8. The van der Waals surface area contributed by atoms with Crippen molar-refractivity contribution >= 4 is 43.5 Å². The normalized spacial score (nSPS) is 15.6. The molecule has 0 bridgehead atoms. The fraction of sp³-hybridized carbons (Fsp3) is 0.318. The summed E-state index contributed by atoms with van der Waals surface area (Å²) in [7, 11) is -3.90. The summed E-state index contributed by atoms with van der Waals surface area (Å²) in [6, 6.07) is 7.87. The fourth-order valence-corrected chi connectivity index (χ4v) is 5.70. The number of halogens is 2. The Hall–Kier alpha value is -2.47. The number of carbonyl (C=O) groups excluding carboxylic acids is 1. The highest BCUT2D eigenvalue weighted by Crippen LogP contribution is 2.34. The maximum atomic E-state index is 13.1. The van der Waals surface area contributed by atoms with Gasteiger partial charge in [0.25, 0.3) is 0 Å². The van der Waals surface area contributed by atoms with E-state index in [1.807, 2.05) is 0 Å². The molecule has 9 nitrogen and oxygen atoms in total. The van der Waals surface area contributed by atoms with Crippen LogP contribution in [0.1, 0.15) is 37.1 Å². The number of benzene rings is 1. The van der Waals surface area contributed by atoms with E-state index in [-0.39, 0.29) is 29.9 Å². The Morgan fingerprint density at radius 1 is 1.32 bits per heavy atom. The predicted molar refractivity (Wildman–Crippen MR) is 128 cm³/mol. The Labute approximate surface area is 210 Å². The molecule has 0 saturated carbocycles. The molecule has 0 saturated heterocycles. The van der Waals surface area contributed by atoms with Gasteiger partial charge >= 0.3 is 5.97 Å². The third-order valence-electron chi connectivity index (χ3n) is 5.28. The lowest BCUT2D eigenvalue weighted by molar-refractivity contribution is -0.144. The smallest absolute Gasteiger partial charge is 0.327 e. The molecule has 2 aromatic heterocycles. The van der Waals surface area contributed by atoms with E-state index in [2.05, 4.69) is 30.7 Å². The van der Waals surface area contributed by atoms with E-state index in [4.69, 9.17) is 21.1 Å². The summed E-state index contributed by atoms with van der Waals surface area (Å²) in [6.07, 6.45) is 4.90. The van der Waals surface area contributed by atoms with Crippen molar-refractivity contribution in [3.05, 3.63) is 63.5 Å². The second-order valence-electron chi connectivity index (χ2n) is 7.57. The highest BCUT2D eigenvalue weighted by molar-refractivity contribution is 9.10. The number of sulfonamides is 1. The van der Waals surface area contributed by atoms with Gasteiger partial charge in [-0.3, -0.25) is 9.48 Å². The van der Waals surface area contributed by atoms with Crippen LogP contribution < -0.4 is 9.46 Å². The fourth-order valence-electron chi connectivity index (χ4n) is 3.72. The monoisotopic (exact) mass is 568 g/mol. The molecule has 1 aromatic carbocycles. The van der Waals surface area contributed by atoms with Crippen molar-refractivity contribution in [2.45, 2.75) is 43.7 Å². The van der Waals surface area contributed by atoms with E-state index in [1.165, 1.54) is 12.3 Å². The van der Waals surface area contributed by atoms with Gasteiger partial charge in [0.15, 0.2) is 0 Å². The molecule has 3 aromatic rings. The highest BCUT2D eigenvalue weighted by Gasteiger charge is 2.29. The first-order valence-electron chi connectivity index (χ1n) is 10.6. The first-order valence-corrected chi connectivity index (χ1v) is 13.2. The standard InChI is InChI=1S/C22H22BrClN4O5S/c1-2-32-21(29)13-28-19-8-5-7-18(15(19)12-26-28)27-34(30,31)14-10-16(23)22(25-11-14)33-20-9-4-3-6-17(20)24/h3-4,6,9-12,18,27H,2,5,7-8,13H2,1H3/t18-/m1/s1. The zero-order chi connectivity index (χ0) is 24.3. The number of hydrogen-bond donors (Lipinski definition) is 1. The molecule has 12 heteroatoms. The zero-order valence-electron chi connectivity index (χ0n) is 18.2. The first kappa shape index (κ1) is 24.6. The number of para-hydroxylation sites is 1. The first-order chi connectivity index (χ1) is 16.3. The number of fused-ring (bicyclic) bond motifs is 1. The lowest BCUT2D eigenvalue weighted by Crippen LogP contribution is -2.31. The minimum atomic E-state index is -3.90. The molecule has 0 unspecified atom stereocenters. The molecular weight excluding hydrogens is 548 g/mol. The molecule has 0 fully saturated rings. The maximum absolute atomic E-state index is 13.1. The molecule has 0 amide bonds. The molecule has 1 atom stereocenters. The van der Waals surface area contributed by atoms with Gasteiger partial charge in [0, 0.05) is 11.3 Å². The second-order valence-corrected chi connectivity index (χ2v) is 10.5. The molecule has 4 rings (SSSR count). The summed E-state index contributed by atoms with van der Waals surface area (Å²) >= 11 is 9.45. The third kappa shape index (κ3) is 5.43. The van der Waals surface area contributed by atoms with Gasteiger partial charge in [-0.2, -0.15) is 5.10 Å². The van der Waals surface area contributed by atoms with E-state index in [0.29, 0.717) is 28.1 Å². The molecular formula is C22H22BrClN4O5S. The van der Waals surface area contributed by atoms with Crippen molar-refractivity contribution < 1.29 is 22.7 Å². The van der Waals surface area contributed by atoms with Crippen molar-refractivity contribution in [1.82, 2.24) is 19.5 Å². The summed E-state index contributed by atoms with van der Waals surface area (Å²) in [5.74, 6) is 0.207. The molecule has 2 heterocycles. The number of aromatic nitrogens is 3. The van der Waals surface area contributed by atoms with Crippen LogP contribution in [0.15, 0.2) is 52.1 Å². The van der Waals surface area contributed by atoms with Crippen LogP contribution in [0.4, 0.5) is 0 Å². The predicted octanol–water partition coefficient (Wildman–Crippen LogP) is 4.41. The molecule has 0 spiro atoms. The Kier molecular flexibility index (Phi) is 7.56. The van der Waals surface area contributed by atoms with Crippen LogP contribution in [0, 0.1) is 0 Å². The van der Waals surface area contributed by atoms with E-state index in [9.17, 15) is 13.2 Å². The number of ether oxygens (including phenoxy) is 2. The van der Waals surface area contributed by atoms with Gasteiger partial charge in [0.1, 0.15) is 17.2 Å². The summed E-state index contributed by atoms with van der Waals surface area (Å²) in [5.41, 5.74) is 1.58. The van der Waals surface area contributed by atoms with E-state index >= 15 is 0 Å². The summed E-state index contributed by atoms with van der Waals surface area (Å²) < 4.78 is 41.6. The number of pyridine rings is 1. The van der Waals surface area contributed by atoms with E-state index < -0.39 is 16.1 Å². The Balaban J connectivity index is 1.52. The third-order valence-corrected chi connectivity index (χ3v) is 7.60. The van der Waals surface area contributed by atoms with Crippen molar-refractivity contribution in [2.75, 3.05) is 6.61 Å². The Morgan fingerprint density at radius 2 is 2.12 bits per heavy atom. The Morgan fingerprint density at radius 3 is 2.85 bits per heavy atom. The average Bonchev–Trinajstić information content (AvgIpc) is 3.20. The van der Waals surface area contributed by atoms with Crippen LogP contribution in [0.25, 0.3) is 0 Å². The van der Waals surface area contributed by atoms with E-state index in [0.717, 1.165) is 17.7 Å². The van der Waals surface area contributed by atoms with E-state index in [1.54, 1.807) is 42.1 Å². The van der Waals surface area contributed by atoms with Crippen LogP contribution in [0.2, 0.25) is 5.02 Å². The molecule has 1 aliphatic carbocycles. The molecule has 34 heavy (non-hydrogen) atoms. The van der Waals surface area contributed by atoms with Crippen molar-refractivity contribution in [2.24, 2.45) is 0 Å². The molecule has 180 valence electrons. The second kappa shape index (κ2) is 10.4. The maximum Gasteiger partial charge on any atom is 0.327 e. The molecule has 0 radical (unpaired) electrons. The molecule has 0 aliphatic heterocycles. The summed E-state index contributed by atoms with van der Waals surface area (Å²) in [4.78, 5) is 16.0. The lowest BCUT2D eigenvalue weighted by Gasteiger charge is -2.24. The van der Waals surface area contributed by atoms with Gasteiger partial charge in [-0.15, -0.1) is 0 Å². The molecule has 1 aliphatic rings. The van der Waals surface area contributed by atoms with Gasteiger partial charge in [-0.05, 0) is 60.3 Å². The van der Waals surface area contributed by atoms with Gasteiger partial charge in [0.05, 0.1) is 34.5 Å².